The van der Waals surface area contributed by atoms with E-state index >= 15 is 0 Å². The molecule has 4 rings (SSSR count). The number of ether oxygens (including phenoxy) is 3. The van der Waals surface area contributed by atoms with Gasteiger partial charge in [0.15, 0.2) is 11.5 Å². The Bertz CT molecular complexity index is 1250. The molecule has 0 saturated heterocycles. The summed E-state index contributed by atoms with van der Waals surface area (Å²) in [6, 6.07) is 15.8. The minimum atomic E-state index is -0.466. The second-order valence-corrected chi connectivity index (χ2v) is 7.48. The number of nitrogens with one attached hydrogen (secondary N) is 1. The van der Waals surface area contributed by atoms with Crippen LogP contribution in [-0.4, -0.2) is 23.2 Å². The number of benzene rings is 3. The minimum Gasteiger partial charge on any atom is -0.490 e. The molecule has 1 aromatic heterocycles. The SMILES string of the molecule is CCOc1cc2cnc(Nc3ccc(OCc4cccc(Cl)c4F)cc3)nc2cc1OCC. The number of nitrogens with zero attached hydrogens (tertiary/aromatic N) is 2. The van der Waals surface area contributed by atoms with Gasteiger partial charge in [0.1, 0.15) is 18.2 Å². The number of hydrogen-bond donors (Lipinski definition) is 1. The van der Waals surface area contributed by atoms with Crippen LogP contribution in [0.5, 0.6) is 17.2 Å². The van der Waals surface area contributed by atoms with Gasteiger partial charge in [0, 0.05) is 28.9 Å². The Morgan fingerprint density at radius 1 is 0.939 bits per heavy atom. The van der Waals surface area contributed by atoms with Crippen LogP contribution < -0.4 is 19.5 Å². The van der Waals surface area contributed by atoms with Gasteiger partial charge in [-0.2, -0.15) is 0 Å². The number of fused-ring (bicyclic) bond motifs is 1. The summed E-state index contributed by atoms with van der Waals surface area (Å²) in [5.41, 5.74) is 1.92. The van der Waals surface area contributed by atoms with E-state index in [1.165, 1.54) is 6.07 Å². The van der Waals surface area contributed by atoms with Crippen LogP contribution in [0.3, 0.4) is 0 Å². The molecule has 4 aromatic rings. The lowest BCUT2D eigenvalue weighted by molar-refractivity contribution is 0.288. The largest absolute Gasteiger partial charge is 0.490 e. The first-order valence-corrected chi connectivity index (χ1v) is 10.9. The molecule has 0 saturated carbocycles. The fourth-order valence-corrected chi connectivity index (χ4v) is 3.41. The Labute approximate surface area is 196 Å². The second kappa shape index (κ2) is 10.4. The Hall–Kier alpha value is -3.58. The van der Waals surface area contributed by atoms with Crippen molar-refractivity contribution in [3.05, 3.63) is 77.2 Å². The van der Waals surface area contributed by atoms with E-state index in [-0.39, 0.29) is 11.6 Å². The van der Waals surface area contributed by atoms with Crippen molar-refractivity contribution in [1.29, 1.82) is 0 Å². The van der Waals surface area contributed by atoms with Crippen LogP contribution in [0.15, 0.2) is 60.8 Å². The molecule has 1 heterocycles. The van der Waals surface area contributed by atoms with Crippen LogP contribution in [0.4, 0.5) is 16.0 Å². The van der Waals surface area contributed by atoms with Gasteiger partial charge in [-0.25, -0.2) is 14.4 Å². The van der Waals surface area contributed by atoms with Gasteiger partial charge >= 0.3 is 0 Å². The maximum Gasteiger partial charge on any atom is 0.227 e. The van der Waals surface area contributed by atoms with E-state index in [0.29, 0.717) is 42.0 Å². The van der Waals surface area contributed by atoms with E-state index in [4.69, 9.17) is 25.8 Å². The molecule has 1 N–H and O–H groups in total. The van der Waals surface area contributed by atoms with Crippen LogP contribution in [0.1, 0.15) is 19.4 Å². The van der Waals surface area contributed by atoms with E-state index in [1.54, 1.807) is 30.5 Å². The first-order valence-electron chi connectivity index (χ1n) is 10.6. The molecule has 0 spiro atoms. The molecule has 0 bridgehead atoms. The van der Waals surface area contributed by atoms with Gasteiger partial charge in [-0.05, 0) is 50.2 Å². The first kappa shape index (κ1) is 22.6. The van der Waals surface area contributed by atoms with Crippen LogP contribution in [0.2, 0.25) is 5.02 Å². The lowest BCUT2D eigenvalue weighted by atomic mass is 10.2. The Balaban J connectivity index is 1.46. The van der Waals surface area contributed by atoms with E-state index in [2.05, 4.69) is 15.3 Å². The predicted octanol–water partition coefficient (Wildman–Crippen LogP) is 6.54. The molecule has 0 fully saturated rings. The van der Waals surface area contributed by atoms with Gasteiger partial charge in [-0.3, -0.25) is 0 Å². The third kappa shape index (κ3) is 5.43. The summed E-state index contributed by atoms with van der Waals surface area (Å²) in [5.74, 6) is 1.90. The summed E-state index contributed by atoms with van der Waals surface area (Å²) in [4.78, 5) is 8.98. The molecule has 6 nitrogen and oxygen atoms in total. The normalized spacial score (nSPS) is 10.8. The zero-order chi connectivity index (χ0) is 23.2. The molecular weight excluding hydrogens is 445 g/mol. The fourth-order valence-electron chi connectivity index (χ4n) is 3.22. The van der Waals surface area contributed by atoms with E-state index in [0.717, 1.165) is 16.6 Å². The number of rotatable bonds is 9. The van der Waals surface area contributed by atoms with Crippen molar-refractivity contribution in [3.8, 4) is 17.2 Å². The molecule has 0 amide bonds. The smallest absolute Gasteiger partial charge is 0.227 e. The van der Waals surface area contributed by atoms with Crippen LogP contribution in [0, 0.1) is 5.82 Å². The van der Waals surface area contributed by atoms with Gasteiger partial charge in [0.25, 0.3) is 0 Å². The van der Waals surface area contributed by atoms with Crippen molar-refractivity contribution in [2.24, 2.45) is 0 Å². The van der Waals surface area contributed by atoms with E-state index < -0.39 is 5.82 Å². The molecule has 170 valence electrons. The summed E-state index contributed by atoms with van der Waals surface area (Å²) < 4.78 is 31.0. The molecule has 8 heteroatoms. The van der Waals surface area contributed by atoms with Crippen molar-refractivity contribution in [2.45, 2.75) is 20.5 Å². The van der Waals surface area contributed by atoms with Gasteiger partial charge in [-0.1, -0.05) is 23.7 Å². The maximum absolute atomic E-state index is 14.0. The third-order valence-corrected chi connectivity index (χ3v) is 5.07. The minimum absolute atomic E-state index is 0.0773. The van der Waals surface area contributed by atoms with Crippen molar-refractivity contribution < 1.29 is 18.6 Å². The number of anilines is 2. The summed E-state index contributed by atoms with van der Waals surface area (Å²) in [6.45, 7) is 5.00. The van der Waals surface area contributed by atoms with E-state index in [9.17, 15) is 4.39 Å². The van der Waals surface area contributed by atoms with Crippen LogP contribution in [0.25, 0.3) is 10.9 Å². The average molecular weight is 468 g/mol. The molecule has 0 aliphatic carbocycles. The van der Waals surface area contributed by atoms with Gasteiger partial charge in [0.05, 0.1) is 23.8 Å². The number of halogens is 2. The predicted molar refractivity (Wildman–Crippen MR) is 127 cm³/mol. The maximum atomic E-state index is 14.0. The highest BCUT2D eigenvalue weighted by Gasteiger charge is 2.10. The highest BCUT2D eigenvalue weighted by atomic mass is 35.5. The van der Waals surface area contributed by atoms with Crippen LogP contribution >= 0.6 is 11.6 Å². The third-order valence-electron chi connectivity index (χ3n) is 4.78. The molecular formula is C25H23ClFN3O3. The standard InChI is InChI=1S/C25H23ClFN3O3/c1-3-31-22-12-17-14-28-25(30-21(17)13-23(22)32-4-2)29-18-8-10-19(11-9-18)33-15-16-6-5-7-20(26)24(16)27/h5-14H,3-4,15H2,1-2H3,(H,28,29,30). The molecule has 3 aromatic carbocycles. The number of aromatic nitrogens is 2. The van der Waals surface area contributed by atoms with Gasteiger partial charge < -0.3 is 19.5 Å². The quantitative estimate of drug-likeness (QED) is 0.301. The molecule has 0 atom stereocenters. The highest BCUT2D eigenvalue weighted by Crippen LogP contribution is 2.32. The van der Waals surface area contributed by atoms with Gasteiger partial charge in [0.2, 0.25) is 5.95 Å². The Morgan fingerprint density at radius 2 is 1.67 bits per heavy atom. The second-order valence-electron chi connectivity index (χ2n) is 7.07. The Morgan fingerprint density at radius 3 is 2.39 bits per heavy atom. The molecule has 0 aliphatic rings. The summed E-state index contributed by atoms with van der Waals surface area (Å²) in [6.07, 6.45) is 1.74. The first-order chi connectivity index (χ1) is 16.1. The summed E-state index contributed by atoms with van der Waals surface area (Å²) >= 11 is 5.81. The lowest BCUT2D eigenvalue weighted by Gasteiger charge is -2.12. The Kier molecular flexibility index (Phi) is 7.10. The highest BCUT2D eigenvalue weighted by molar-refractivity contribution is 6.30. The molecule has 0 radical (unpaired) electrons. The van der Waals surface area contributed by atoms with Crippen molar-refractivity contribution in [3.63, 3.8) is 0 Å². The van der Waals surface area contributed by atoms with Crippen LogP contribution in [-0.2, 0) is 6.61 Å². The van der Waals surface area contributed by atoms with E-state index in [1.807, 2.05) is 38.1 Å². The zero-order valence-electron chi connectivity index (χ0n) is 18.3. The molecule has 33 heavy (non-hydrogen) atoms. The fraction of sp³-hybridized carbons (Fsp3) is 0.200. The average Bonchev–Trinajstić information content (AvgIpc) is 2.82. The van der Waals surface area contributed by atoms with Gasteiger partial charge in [-0.15, -0.1) is 0 Å². The molecule has 0 aliphatic heterocycles. The summed E-state index contributed by atoms with van der Waals surface area (Å²) in [5, 5.41) is 4.11. The van der Waals surface area contributed by atoms with Crippen molar-refractivity contribution >= 4 is 34.1 Å². The molecule has 0 unspecified atom stereocenters. The topological polar surface area (TPSA) is 65.5 Å². The lowest BCUT2D eigenvalue weighted by Crippen LogP contribution is -2.01. The number of hydrogen-bond acceptors (Lipinski definition) is 6. The summed E-state index contributed by atoms with van der Waals surface area (Å²) in [7, 11) is 0. The monoisotopic (exact) mass is 467 g/mol. The van der Waals surface area contributed by atoms with Crippen molar-refractivity contribution in [1.82, 2.24) is 9.97 Å². The zero-order valence-corrected chi connectivity index (χ0v) is 19.0. The van der Waals surface area contributed by atoms with Crippen molar-refractivity contribution in [2.75, 3.05) is 18.5 Å².